The number of aliphatic carboxylic acids is 1. The van der Waals surface area contributed by atoms with Crippen molar-refractivity contribution in [1.82, 2.24) is 0 Å². The van der Waals surface area contributed by atoms with Crippen molar-refractivity contribution in [2.24, 2.45) is 0 Å². The van der Waals surface area contributed by atoms with Gasteiger partial charge in [-0.1, -0.05) is 11.6 Å². The molecule has 2 N–H and O–H groups in total. The molecule has 5 nitrogen and oxygen atoms in total. The maximum absolute atomic E-state index is 11.3. The molecule has 0 unspecified atom stereocenters. The van der Waals surface area contributed by atoms with Crippen LogP contribution in [0, 0.1) is 0 Å². The molecule has 0 aromatic carbocycles. The van der Waals surface area contributed by atoms with Gasteiger partial charge in [-0.2, -0.15) is 0 Å². The zero-order chi connectivity index (χ0) is 15.1. The number of halogens is 1. The van der Waals surface area contributed by atoms with E-state index in [0.29, 0.717) is 10.4 Å². The van der Waals surface area contributed by atoms with Gasteiger partial charge in [0.1, 0.15) is 0 Å². The number of carbonyl (C=O) groups is 2. The number of fused-ring (bicyclic) bond motifs is 3. The first kappa shape index (κ1) is 14.1. The summed E-state index contributed by atoms with van der Waals surface area (Å²) in [6.07, 6.45) is 0. The number of ether oxygens (including phenoxy) is 1. The fraction of sp³-hybridized carbons (Fsp3) is 0.0769. The van der Waals surface area contributed by atoms with E-state index >= 15 is 0 Å². The second kappa shape index (κ2) is 5.18. The lowest BCUT2D eigenvalue weighted by Gasteiger charge is -2.05. The minimum Gasteiger partial charge on any atom is -0.479 e. The van der Waals surface area contributed by atoms with E-state index in [2.05, 4.69) is 0 Å². The molecule has 0 saturated heterocycles. The number of carboxylic acids is 2. The predicted molar refractivity (Wildman–Crippen MR) is 81.4 cm³/mol. The molecule has 8 heteroatoms. The van der Waals surface area contributed by atoms with Crippen molar-refractivity contribution >= 4 is 56.3 Å². The summed E-state index contributed by atoms with van der Waals surface area (Å²) in [7, 11) is 0. The highest BCUT2D eigenvalue weighted by Gasteiger charge is 2.25. The van der Waals surface area contributed by atoms with Gasteiger partial charge < -0.3 is 14.9 Å². The summed E-state index contributed by atoms with van der Waals surface area (Å²) < 4.78 is 5.95. The van der Waals surface area contributed by atoms with Crippen LogP contribution in [-0.2, 0) is 4.79 Å². The average molecular weight is 343 g/mol. The van der Waals surface area contributed by atoms with E-state index in [9.17, 15) is 14.7 Å². The van der Waals surface area contributed by atoms with Gasteiger partial charge in [0.15, 0.2) is 17.2 Å². The maximum atomic E-state index is 11.3. The van der Waals surface area contributed by atoms with Crippen LogP contribution >= 0.6 is 34.3 Å². The fourth-order valence-corrected chi connectivity index (χ4v) is 4.28. The van der Waals surface area contributed by atoms with Gasteiger partial charge in [-0.25, -0.2) is 9.59 Å². The van der Waals surface area contributed by atoms with Gasteiger partial charge >= 0.3 is 11.9 Å². The average Bonchev–Trinajstić information content (AvgIpc) is 2.91. The number of thiophene rings is 1. The predicted octanol–water partition coefficient (Wildman–Crippen LogP) is 3.88. The molecule has 0 fully saturated rings. The van der Waals surface area contributed by atoms with Crippen molar-refractivity contribution in [2.45, 2.75) is 0 Å². The quantitative estimate of drug-likeness (QED) is 0.751. The van der Waals surface area contributed by atoms with E-state index < -0.39 is 18.5 Å². The van der Waals surface area contributed by atoms with E-state index in [0.717, 1.165) is 26.5 Å². The van der Waals surface area contributed by atoms with Crippen LogP contribution in [0.25, 0.3) is 20.5 Å². The molecule has 1 aliphatic heterocycles. The first-order chi connectivity index (χ1) is 9.97. The summed E-state index contributed by atoms with van der Waals surface area (Å²) in [5.74, 6) is -2.18. The lowest BCUT2D eigenvalue weighted by atomic mass is 10.2. The number of hydrogen-bond donors (Lipinski definition) is 2. The van der Waals surface area contributed by atoms with E-state index in [-0.39, 0.29) is 10.6 Å². The van der Waals surface area contributed by atoms with Gasteiger partial charge in [-0.05, 0) is 17.7 Å². The molecular formula is C13H7ClO5S2. The Morgan fingerprint density at radius 1 is 1.29 bits per heavy atom. The third-order valence-corrected chi connectivity index (χ3v) is 5.29. The van der Waals surface area contributed by atoms with Crippen LogP contribution in [0.3, 0.4) is 0 Å². The molecule has 1 aromatic heterocycles. The monoisotopic (exact) mass is 342 g/mol. The van der Waals surface area contributed by atoms with E-state index in [1.807, 2.05) is 6.07 Å². The number of hydrogen-bond acceptors (Lipinski definition) is 5. The second-order valence-electron chi connectivity index (χ2n) is 4.18. The highest BCUT2D eigenvalue weighted by molar-refractivity contribution is 7.22. The molecular weight excluding hydrogens is 336 g/mol. The van der Waals surface area contributed by atoms with Crippen molar-refractivity contribution < 1.29 is 24.5 Å². The molecule has 0 spiro atoms. The highest BCUT2D eigenvalue weighted by atomic mass is 35.5. The molecule has 21 heavy (non-hydrogen) atoms. The number of carboxylic acid groups (broad SMARTS) is 2. The fourth-order valence-electron chi connectivity index (χ4n) is 2.04. The van der Waals surface area contributed by atoms with Gasteiger partial charge in [-0.3, -0.25) is 0 Å². The molecule has 0 saturated carbocycles. The summed E-state index contributed by atoms with van der Waals surface area (Å²) in [4.78, 5) is 22.8. The number of aromatic carboxylic acids is 1. The van der Waals surface area contributed by atoms with Crippen LogP contribution in [0.1, 0.15) is 9.67 Å². The molecule has 1 aromatic rings. The molecule has 3 rings (SSSR count). The van der Waals surface area contributed by atoms with Crippen LogP contribution in [0.2, 0.25) is 5.02 Å². The largest absolute Gasteiger partial charge is 0.479 e. The van der Waals surface area contributed by atoms with E-state index in [1.165, 1.54) is 11.3 Å². The smallest absolute Gasteiger partial charge is 0.349 e. The Morgan fingerprint density at radius 2 is 2.05 bits per heavy atom. The summed E-state index contributed by atoms with van der Waals surface area (Å²) >= 11 is 8.38. The summed E-state index contributed by atoms with van der Waals surface area (Å²) in [5, 5.41) is 20.9. The Labute approximate surface area is 131 Å². The molecule has 0 atom stereocenters. The van der Waals surface area contributed by atoms with Crippen molar-refractivity contribution in [3.8, 4) is 16.2 Å². The van der Waals surface area contributed by atoms with E-state index in [4.69, 9.17) is 21.4 Å². The summed E-state index contributed by atoms with van der Waals surface area (Å²) in [5.41, 5.74) is 0.880. The van der Waals surface area contributed by atoms with Crippen LogP contribution in [0.4, 0.5) is 0 Å². The molecule has 0 radical (unpaired) electrons. The third-order valence-electron chi connectivity index (χ3n) is 2.78. The minimum atomic E-state index is -1.16. The molecule has 108 valence electrons. The topological polar surface area (TPSA) is 83.8 Å². The number of rotatable bonds is 4. The molecule has 0 bridgehead atoms. The first-order valence-corrected chi connectivity index (χ1v) is 7.76. The molecule has 2 aliphatic rings. The maximum Gasteiger partial charge on any atom is 0.349 e. The normalized spacial score (nSPS) is 11.1. The minimum absolute atomic E-state index is 0.00491. The van der Waals surface area contributed by atoms with Crippen molar-refractivity contribution in [3.63, 3.8) is 0 Å². The lowest BCUT2D eigenvalue weighted by Crippen LogP contribution is -2.10. The van der Waals surface area contributed by atoms with Crippen LogP contribution in [-0.4, -0.2) is 28.8 Å². The Kier molecular flexibility index (Phi) is 3.48. The SMILES string of the molecule is O=C(O)COc1c(C(=O)O)sc2cc3cc(Cl)csc-3c12. The third kappa shape index (κ3) is 2.44. The highest BCUT2D eigenvalue weighted by Crippen LogP contribution is 2.49. The standard InChI is InChI=1S/C13H7ClO5S2/c14-6-1-5-2-7-9(11(5)20-4-6)10(19-3-8(15)16)12(21-7)13(17)18/h1-2,4H,3H2,(H,15,16)(H,17,18). The van der Waals surface area contributed by atoms with Gasteiger partial charge in [-0.15, -0.1) is 22.7 Å². The Bertz CT molecular complexity index is 835. The zero-order valence-corrected chi connectivity index (χ0v) is 12.6. The van der Waals surface area contributed by atoms with Crippen LogP contribution < -0.4 is 4.74 Å². The van der Waals surface area contributed by atoms with Crippen molar-refractivity contribution in [1.29, 1.82) is 0 Å². The van der Waals surface area contributed by atoms with E-state index in [1.54, 1.807) is 11.4 Å². The summed E-state index contributed by atoms with van der Waals surface area (Å²) in [6, 6.07) is 3.61. The van der Waals surface area contributed by atoms with Gasteiger partial charge in [0, 0.05) is 15.0 Å². The molecule has 1 aliphatic carbocycles. The Hall–Kier alpha value is -1.83. The lowest BCUT2D eigenvalue weighted by molar-refractivity contribution is -0.139. The van der Waals surface area contributed by atoms with Crippen LogP contribution in [0.5, 0.6) is 5.75 Å². The summed E-state index contributed by atoms with van der Waals surface area (Å²) in [6.45, 7) is -0.586. The molecule has 0 amide bonds. The van der Waals surface area contributed by atoms with Crippen molar-refractivity contribution in [2.75, 3.05) is 6.61 Å². The first-order valence-electron chi connectivity index (χ1n) is 5.68. The van der Waals surface area contributed by atoms with Gasteiger partial charge in [0.2, 0.25) is 0 Å². The molecule has 2 heterocycles. The second-order valence-corrected chi connectivity index (χ2v) is 6.55. The Balaban J connectivity index is 2.24. The van der Waals surface area contributed by atoms with Crippen molar-refractivity contribution in [3.05, 3.63) is 27.4 Å². The Morgan fingerprint density at radius 3 is 2.71 bits per heavy atom. The zero-order valence-electron chi connectivity index (χ0n) is 10.3. The van der Waals surface area contributed by atoms with Gasteiger partial charge in [0.25, 0.3) is 0 Å². The van der Waals surface area contributed by atoms with Gasteiger partial charge in [0.05, 0.1) is 10.4 Å². The van der Waals surface area contributed by atoms with Crippen LogP contribution in [0.15, 0.2) is 17.5 Å².